The first-order chi connectivity index (χ1) is 10.3. The van der Waals surface area contributed by atoms with Gasteiger partial charge in [0.1, 0.15) is 5.69 Å². The summed E-state index contributed by atoms with van der Waals surface area (Å²) in [4.78, 5) is 15.1. The number of ketones is 1. The standard InChI is InChI=1S/C9H9N3O.C6H14O.C2H6/c1-6-3-4-9-10-8(7(2)13)5-12(9)11-6;1-4-6(3,7)5-2;1-2/h3-5H,1-2H3;7H,4-5H2,1-3H3;1-2H3. The number of hydrogen-bond acceptors (Lipinski definition) is 4. The number of Topliss-reactive ketones (excluding diaryl/α,β-unsaturated/α-hetero) is 1. The average molecular weight is 307 g/mol. The predicted octanol–water partition coefficient (Wildman–Crippen LogP) is 3.82. The van der Waals surface area contributed by atoms with E-state index in [9.17, 15) is 4.79 Å². The Bertz CT molecular complexity index is 583. The van der Waals surface area contributed by atoms with Crippen molar-refractivity contribution in [3.8, 4) is 0 Å². The van der Waals surface area contributed by atoms with Crippen LogP contribution in [-0.2, 0) is 0 Å². The number of rotatable bonds is 3. The zero-order valence-corrected chi connectivity index (χ0v) is 14.8. The molecule has 0 aliphatic rings. The molecule has 0 aliphatic heterocycles. The van der Waals surface area contributed by atoms with Gasteiger partial charge < -0.3 is 5.11 Å². The molecule has 0 unspecified atom stereocenters. The highest BCUT2D eigenvalue weighted by molar-refractivity contribution is 5.92. The maximum Gasteiger partial charge on any atom is 0.179 e. The molecule has 0 radical (unpaired) electrons. The van der Waals surface area contributed by atoms with Gasteiger partial charge in [0.25, 0.3) is 0 Å². The number of aryl methyl sites for hydroxylation is 1. The van der Waals surface area contributed by atoms with Crippen LogP contribution in [0.1, 0.15) is 70.6 Å². The Labute approximate surface area is 133 Å². The molecule has 0 saturated heterocycles. The number of carbonyl (C=O) groups excluding carboxylic acids is 1. The minimum absolute atomic E-state index is 0.0387. The molecular weight excluding hydrogens is 278 g/mol. The second kappa shape index (κ2) is 9.30. The summed E-state index contributed by atoms with van der Waals surface area (Å²) in [5.41, 5.74) is 1.65. The summed E-state index contributed by atoms with van der Waals surface area (Å²) in [6, 6.07) is 3.71. The lowest BCUT2D eigenvalue weighted by Gasteiger charge is -2.17. The number of aromatic nitrogens is 3. The molecule has 0 saturated carbocycles. The number of aliphatic hydroxyl groups is 1. The van der Waals surface area contributed by atoms with E-state index in [1.165, 1.54) is 6.92 Å². The molecule has 0 atom stereocenters. The molecule has 2 aromatic heterocycles. The SMILES string of the molecule is CC.CC(=O)c1cn2nc(C)ccc2n1.CCC(C)(O)CC. The summed E-state index contributed by atoms with van der Waals surface area (Å²) in [7, 11) is 0. The first-order valence-corrected chi connectivity index (χ1v) is 7.85. The average Bonchev–Trinajstić information content (AvgIpc) is 2.93. The number of carbonyl (C=O) groups is 1. The van der Waals surface area contributed by atoms with Gasteiger partial charge in [-0.05, 0) is 38.8 Å². The fourth-order valence-electron chi connectivity index (χ4n) is 1.40. The molecule has 0 amide bonds. The molecule has 0 fully saturated rings. The summed E-state index contributed by atoms with van der Waals surface area (Å²) in [5, 5.41) is 13.3. The van der Waals surface area contributed by atoms with Gasteiger partial charge >= 0.3 is 0 Å². The van der Waals surface area contributed by atoms with Crippen molar-refractivity contribution in [1.29, 1.82) is 0 Å². The van der Waals surface area contributed by atoms with Crippen molar-refractivity contribution >= 4 is 11.4 Å². The Morgan fingerprint density at radius 2 is 1.82 bits per heavy atom. The number of imidazole rings is 1. The van der Waals surface area contributed by atoms with Gasteiger partial charge in [-0.2, -0.15) is 5.10 Å². The molecule has 0 bridgehead atoms. The van der Waals surface area contributed by atoms with Crippen molar-refractivity contribution in [2.24, 2.45) is 0 Å². The van der Waals surface area contributed by atoms with Crippen molar-refractivity contribution in [3.63, 3.8) is 0 Å². The minimum atomic E-state index is -0.417. The molecular formula is C17H29N3O2. The van der Waals surface area contributed by atoms with Crippen LogP contribution < -0.4 is 0 Å². The van der Waals surface area contributed by atoms with Gasteiger partial charge in [-0.15, -0.1) is 0 Å². The Kier molecular flexibility index (Phi) is 8.56. The van der Waals surface area contributed by atoms with Gasteiger partial charge in [0.2, 0.25) is 0 Å². The van der Waals surface area contributed by atoms with Crippen LogP contribution in [0.2, 0.25) is 0 Å². The molecule has 22 heavy (non-hydrogen) atoms. The highest BCUT2D eigenvalue weighted by atomic mass is 16.3. The molecule has 2 rings (SSSR count). The van der Waals surface area contributed by atoms with E-state index in [0.717, 1.165) is 18.5 Å². The summed E-state index contributed by atoms with van der Waals surface area (Å²) < 4.78 is 1.62. The predicted molar refractivity (Wildman–Crippen MR) is 90.3 cm³/mol. The van der Waals surface area contributed by atoms with Crippen LogP contribution in [0.4, 0.5) is 0 Å². The molecule has 2 aromatic rings. The Balaban J connectivity index is 0.000000421. The molecule has 5 heteroatoms. The van der Waals surface area contributed by atoms with Gasteiger partial charge in [-0.25, -0.2) is 9.50 Å². The summed E-state index contributed by atoms with van der Waals surface area (Å²) in [6.07, 6.45) is 3.34. The Morgan fingerprint density at radius 3 is 2.23 bits per heavy atom. The number of fused-ring (bicyclic) bond motifs is 1. The fourth-order valence-corrected chi connectivity index (χ4v) is 1.40. The van der Waals surface area contributed by atoms with E-state index in [4.69, 9.17) is 5.11 Å². The maximum absolute atomic E-state index is 11.0. The third-order valence-corrected chi connectivity index (χ3v) is 3.34. The van der Waals surface area contributed by atoms with Gasteiger partial charge in [-0.1, -0.05) is 27.7 Å². The summed E-state index contributed by atoms with van der Waals surface area (Å²) in [5.74, 6) is -0.0387. The first-order valence-electron chi connectivity index (χ1n) is 7.85. The second-order valence-corrected chi connectivity index (χ2v) is 5.16. The van der Waals surface area contributed by atoms with E-state index in [0.29, 0.717) is 11.3 Å². The van der Waals surface area contributed by atoms with Crippen molar-refractivity contribution in [1.82, 2.24) is 14.6 Å². The molecule has 1 N–H and O–H groups in total. The van der Waals surface area contributed by atoms with Crippen LogP contribution in [-0.4, -0.2) is 31.1 Å². The lowest BCUT2D eigenvalue weighted by atomic mass is 10.0. The highest BCUT2D eigenvalue weighted by Gasteiger charge is 2.12. The van der Waals surface area contributed by atoms with Crippen LogP contribution in [0.5, 0.6) is 0 Å². The fraction of sp³-hybridized carbons (Fsp3) is 0.588. The van der Waals surface area contributed by atoms with Gasteiger partial charge in [0.15, 0.2) is 11.4 Å². The van der Waals surface area contributed by atoms with Crippen LogP contribution in [0.3, 0.4) is 0 Å². The normalized spacial score (nSPS) is 10.4. The molecule has 0 spiro atoms. The monoisotopic (exact) mass is 307 g/mol. The third-order valence-electron chi connectivity index (χ3n) is 3.34. The van der Waals surface area contributed by atoms with Gasteiger partial charge in [-0.3, -0.25) is 4.79 Å². The number of nitrogens with zero attached hydrogens (tertiary/aromatic N) is 3. The van der Waals surface area contributed by atoms with E-state index in [1.54, 1.807) is 10.7 Å². The van der Waals surface area contributed by atoms with Crippen LogP contribution in [0.15, 0.2) is 18.3 Å². The van der Waals surface area contributed by atoms with Crippen LogP contribution >= 0.6 is 0 Å². The van der Waals surface area contributed by atoms with Crippen molar-refractivity contribution < 1.29 is 9.90 Å². The van der Waals surface area contributed by atoms with Crippen LogP contribution in [0, 0.1) is 6.92 Å². The van der Waals surface area contributed by atoms with Crippen LogP contribution in [0.25, 0.3) is 5.65 Å². The zero-order valence-electron chi connectivity index (χ0n) is 14.8. The smallest absolute Gasteiger partial charge is 0.179 e. The van der Waals surface area contributed by atoms with E-state index in [1.807, 2.05) is 53.7 Å². The van der Waals surface area contributed by atoms with Crippen molar-refractivity contribution in [3.05, 3.63) is 29.7 Å². The van der Waals surface area contributed by atoms with Gasteiger partial charge in [0.05, 0.1) is 17.5 Å². The molecule has 0 aromatic carbocycles. The lowest BCUT2D eigenvalue weighted by molar-refractivity contribution is 0.0521. The zero-order chi connectivity index (χ0) is 17.3. The van der Waals surface area contributed by atoms with Crippen molar-refractivity contribution in [2.75, 3.05) is 0 Å². The number of hydrogen-bond donors (Lipinski definition) is 1. The first kappa shape index (κ1) is 20.2. The quantitative estimate of drug-likeness (QED) is 0.875. The maximum atomic E-state index is 11.0. The largest absolute Gasteiger partial charge is 0.390 e. The van der Waals surface area contributed by atoms with E-state index < -0.39 is 5.60 Å². The molecule has 5 nitrogen and oxygen atoms in total. The Morgan fingerprint density at radius 1 is 1.27 bits per heavy atom. The topological polar surface area (TPSA) is 67.5 Å². The second-order valence-electron chi connectivity index (χ2n) is 5.16. The lowest BCUT2D eigenvalue weighted by Crippen LogP contribution is -2.20. The van der Waals surface area contributed by atoms with E-state index in [-0.39, 0.29) is 5.78 Å². The van der Waals surface area contributed by atoms with Crippen molar-refractivity contribution in [2.45, 2.75) is 66.9 Å². The molecule has 2 heterocycles. The summed E-state index contributed by atoms with van der Waals surface area (Å²) >= 11 is 0. The Hall–Kier alpha value is -1.75. The highest BCUT2D eigenvalue weighted by Crippen LogP contribution is 2.11. The van der Waals surface area contributed by atoms with E-state index in [2.05, 4.69) is 10.1 Å². The minimum Gasteiger partial charge on any atom is -0.390 e. The van der Waals surface area contributed by atoms with E-state index >= 15 is 0 Å². The van der Waals surface area contributed by atoms with Gasteiger partial charge in [0, 0.05) is 6.92 Å². The molecule has 124 valence electrons. The third kappa shape index (κ3) is 6.35. The molecule has 0 aliphatic carbocycles. The summed E-state index contributed by atoms with van der Waals surface area (Å²) in [6.45, 7) is 13.2.